The van der Waals surface area contributed by atoms with Gasteiger partial charge in [-0.2, -0.15) is 0 Å². The third kappa shape index (κ3) is 3.19. The number of anilines is 3. The molecule has 0 unspecified atom stereocenters. The molecule has 0 saturated heterocycles. The zero-order valence-electron chi connectivity index (χ0n) is 22.6. The zero-order chi connectivity index (χ0) is 26.8. The molecule has 40 heavy (non-hydrogen) atoms. The second-order valence-electron chi connectivity index (χ2n) is 11.2. The summed E-state index contributed by atoms with van der Waals surface area (Å²) in [4.78, 5) is 7.61. The van der Waals surface area contributed by atoms with Crippen LogP contribution in [-0.4, -0.2) is 13.1 Å². The van der Waals surface area contributed by atoms with E-state index in [-0.39, 0.29) is 0 Å². The molecule has 0 amide bonds. The van der Waals surface area contributed by atoms with Crippen LogP contribution in [0.5, 0.6) is 0 Å². The Morgan fingerprint density at radius 1 is 0.525 bits per heavy atom. The van der Waals surface area contributed by atoms with Crippen LogP contribution in [0.15, 0.2) is 134 Å². The molecule has 0 aliphatic carbocycles. The Morgan fingerprint density at radius 2 is 1.10 bits per heavy atom. The molecule has 0 spiro atoms. The summed E-state index contributed by atoms with van der Waals surface area (Å²) in [6.07, 6.45) is 1.93. The Hall–Kier alpha value is -4.73. The van der Waals surface area contributed by atoms with Crippen LogP contribution in [0.1, 0.15) is 0 Å². The highest BCUT2D eigenvalue weighted by Gasteiger charge is 2.39. The molecule has 2 heterocycles. The summed E-state index contributed by atoms with van der Waals surface area (Å²) in [5, 5.41) is 9.03. The summed E-state index contributed by atoms with van der Waals surface area (Å²) in [5.41, 5.74) is 7.21. The fraction of sp³-hybridized carbons (Fsp3) is 0.0541. The fourth-order valence-corrected chi connectivity index (χ4v) is 9.83. The van der Waals surface area contributed by atoms with Crippen LogP contribution < -0.4 is 15.3 Å². The van der Waals surface area contributed by atoms with Crippen molar-refractivity contribution >= 4 is 68.0 Å². The minimum absolute atomic E-state index is 1.03. The molecule has 7 aromatic rings. The Bertz CT molecular complexity index is 2000. The van der Waals surface area contributed by atoms with Gasteiger partial charge in [-0.3, -0.25) is 4.98 Å². The van der Waals surface area contributed by atoms with E-state index in [1.807, 2.05) is 6.20 Å². The van der Waals surface area contributed by atoms with E-state index in [9.17, 15) is 0 Å². The van der Waals surface area contributed by atoms with E-state index in [0.717, 1.165) is 10.9 Å². The first kappa shape index (κ1) is 23.2. The van der Waals surface area contributed by atoms with E-state index in [0.29, 0.717) is 0 Å². The van der Waals surface area contributed by atoms with Crippen LogP contribution in [0.4, 0.5) is 17.1 Å². The van der Waals surface area contributed by atoms with Gasteiger partial charge in [-0.15, -0.1) is 0 Å². The lowest BCUT2D eigenvalue weighted by Crippen LogP contribution is -2.58. The molecule has 190 valence electrons. The van der Waals surface area contributed by atoms with E-state index in [2.05, 4.69) is 145 Å². The van der Waals surface area contributed by atoms with Gasteiger partial charge >= 0.3 is 0 Å². The lowest BCUT2D eigenvalue weighted by atomic mass is 9.90. The highest BCUT2D eigenvalue weighted by Crippen LogP contribution is 2.49. The normalized spacial score (nSPS) is 13.9. The molecule has 0 saturated carbocycles. The number of para-hydroxylation sites is 2. The van der Waals surface area contributed by atoms with Crippen LogP contribution >= 0.6 is 0 Å². The molecule has 1 aliphatic heterocycles. The molecule has 0 radical (unpaired) electrons. The lowest BCUT2D eigenvalue weighted by molar-refractivity contribution is 1.31. The molecule has 0 fully saturated rings. The summed E-state index contributed by atoms with van der Waals surface area (Å²) in [5.74, 6) is 0. The van der Waals surface area contributed by atoms with Gasteiger partial charge in [-0.25, -0.2) is 0 Å². The Labute approximate surface area is 235 Å². The molecular formula is C37H28N2Si. The smallest absolute Gasteiger partial charge is 0.117 e. The second kappa shape index (κ2) is 8.64. The number of fused-ring (bicyclic) bond motifs is 5. The van der Waals surface area contributed by atoms with Crippen molar-refractivity contribution < 1.29 is 0 Å². The van der Waals surface area contributed by atoms with Crippen molar-refractivity contribution in [3.05, 3.63) is 134 Å². The first-order chi connectivity index (χ1) is 19.6. The van der Waals surface area contributed by atoms with Crippen LogP contribution in [0, 0.1) is 0 Å². The van der Waals surface area contributed by atoms with E-state index >= 15 is 0 Å². The summed E-state index contributed by atoms with van der Waals surface area (Å²) in [7, 11) is -1.89. The van der Waals surface area contributed by atoms with Crippen molar-refractivity contribution in [2.45, 2.75) is 13.1 Å². The van der Waals surface area contributed by atoms with Crippen molar-refractivity contribution in [3.63, 3.8) is 0 Å². The molecular weight excluding hydrogens is 501 g/mol. The first-order valence-electron chi connectivity index (χ1n) is 13.9. The third-order valence-electron chi connectivity index (χ3n) is 8.67. The highest BCUT2D eigenvalue weighted by molar-refractivity contribution is 7.02. The average molecular weight is 529 g/mol. The van der Waals surface area contributed by atoms with Gasteiger partial charge in [-0.1, -0.05) is 116 Å². The number of aromatic nitrogens is 1. The molecule has 8 rings (SSSR count). The van der Waals surface area contributed by atoms with Crippen LogP contribution in [-0.2, 0) is 0 Å². The predicted molar refractivity (Wildman–Crippen MR) is 174 cm³/mol. The van der Waals surface area contributed by atoms with Crippen LogP contribution in [0.25, 0.3) is 43.6 Å². The Morgan fingerprint density at radius 3 is 1.85 bits per heavy atom. The van der Waals surface area contributed by atoms with Crippen molar-refractivity contribution in [1.29, 1.82) is 0 Å². The van der Waals surface area contributed by atoms with Crippen molar-refractivity contribution in [2.24, 2.45) is 0 Å². The molecule has 3 heteroatoms. The first-order valence-corrected chi connectivity index (χ1v) is 16.9. The summed E-state index contributed by atoms with van der Waals surface area (Å²) >= 11 is 0. The summed E-state index contributed by atoms with van der Waals surface area (Å²) in [6, 6.07) is 46.5. The van der Waals surface area contributed by atoms with Gasteiger partial charge in [0.05, 0.1) is 11.2 Å². The maximum absolute atomic E-state index is 5.09. The van der Waals surface area contributed by atoms with E-state index < -0.39 is 8.07 Å². The molecule has 1 aliphatic rings. The molecule has 1 aromatic heterocycles. The quantitative estimate of drug-likeness (QED) is 0.165. The molecule has 0 atom stereocenters. The van der Waals surface area contributed by atoms with Crippen LogP contribution in [0.2, 0.25) is 13.1 Å². The van der Waals surface area contributed by atoms with Gasteiger partial charge in [0.1, 0.15) is 8.07 Å². The van der Waals surface area contributed by atoms with Crippen molar-refractivity contribution in [3.8, 4) is 11.1 Å². The van der Waals surface area contributed by atoms with Gasteiger partial charge in [0, 0.05) is 33.9 Å². The molecule has 6 aromatic carbocycles. The number of rotatable bonds is 2. The number of pyridine rings is 1. The number of nitrogens with zero attached hydrogens (tertiary/aromatic N) is 2. The Kier molecular flexibility index (Phi) is 5.00. The SMILES string of the molecule is C[Si]1(C)c2ccccc2N(c2c3ccccc3c(-c3cccc4ccccc34)c3ncccc23)c2ccccc21. The van der Waals surface area contributed by atoms with Gasteiger partial charge in [0.15, 0.2) is 0 Å². The van der Waals surface area contributed by atoms with Gasteiger partial charge in [0.2, 0.25) is 0 Å². The second-order valence-corrected chi connectivity index (χ2v) is 15.5. The van der Waals surface area contributed by atoms with E-state index in [1.165, 1.54) is 60.1 Å². The molecule has 0 N–H and O–H groups in total. The van der Waals surface area contributed by atoms with E-state index in [4.69, 9.17) is 4.98 Å². The molecule has 0 bridgehead atoms. The summed E-state index contributed by atoms with van der Waals surface area (Å²) in [6.45, 7) is 4.95. The predicted octanol–water partition coefficient (Wildman–Crippen LogP) is 8.81. The lowest BCUT2D eigenvalue weighted by Gasteiger charge is -2.41. The largest absolute Gasteiger partial charge is 0.309 e. The van der Waals surface area contributed by atoms with E-state index in [1.54, 1.807) is 0 Å². The summed E-state index contributed by atoms with van der Waals surface area (Å²) < 4.78 is 0. The zero-order valence-corrected chi connectivity index (χ0v) is 23.6. The minimum atomic E-state index is -1.89. The number of hydrogen-bond acceptors (Lipinski definition) is 2. The maximum atomic E-state index is 5.09. The van der Waals surface area contributed by atoms with Gasteiger partial charge in [0.25, 0.3) is 0 Å². The maximum Gasteiger partial charge on any atom is 0.117 e. The topological polar surface area (TPSA) is 16.1 Å². The van der Waals surface area contributed by atoms with Crippen LogP contribution in [0.3, 0.4) is 0 Å². The number of hydrogen-bond donors (Lipinski definition) is 0. The average Bonchev–Trinajstić information content (AvgIpc) is 3.01. The minimum Gasteiger partial charge on any atom is -0.309 e. The monoisotopic (exact) mass is 528 g/mol. The third-order valence-corrected chi connectivity index (χ3v) is 12.2. The Balaban J connectivity index is 1.55. The van der Waals surface area contributed by atoms with Gasteiger partial charge < -0.3 is 4.90 Å². The standard InChI is InChI=1S/C37H28N2Si/c1-40(2)33-22-9-7-20-31(33)39(32-21-8-10-23-34(32)40)37-29-17-6-5-16-28(29)35(36-30(37)19-12-24-38-36)27-18-11-14-25-13-3-4-15-26(25)27/h3-24H,1-2H3. The number of benzene rings is 6. The van der Waals surface area contributed by atoms with Crippen molar-refractivity contribution in [2.75, 3.05) is 4.90 Å². The van der Waals surface area contributed by atoms with Crippen molar-refractivity contribution in [1.82, 2.24) is 4.98 Å². The van der Waals surface area contributed by atoms with Gasteiger partial charge in [-0.05, 0) is 56.4 Å². The highest BCUT2D eigenvalue weighted by atomic mass is 28.3. The fourth-order valence-electron chi connectivity index (χ4n) is 6.84. The molecule has 2 nitrogen and oxygen atoms in total.